The van der Waals surface area contributed by atoms with Crippen molar-refractivity contribution in [2.24, 2.45) is 0 Å². The summed E-state index contributed by atoms with van der Waals surface area (Å²) in [7, 11) is 0. The number of hydrogen-bond donors (Lipinski definition) is 1. The fraction of sp³-hybridized carbons (Fsp3) is 0.500. The van der Waals surface area contributed by atoms with E-state index in [9.17, 15) is 4.79 Å². The number of hydrogen-bond acceptors (Lipinski definition) is 3. The second kappa shape index (κ2) is 7.28. The first-order chi connectivity index (χ1) is 7.75. The van der Waals surface area contributed by atoms with Crippen LogP contribution in [0.25, 0.3) is 0 Å². The minimum absolute atomic E-state index is 0.186. The average Bonchev–Trinajstić information content (AvgIpc) is 2.29. The first-order valence-corrected chi connectivity index (χ1v) is 6.66. The van der Waals surface area contributed by atoms with Gasteiger partial charge in [-0.15, -0.1) is 0 Å². The van der Waals surface area contributed by atoms with Crippen LogP contribution in [0.5, 0.6) is 0 Å². The molecule has 1 rings (SSSR count). The first kappa shape index (κ1) is 13.0. The molecule has 1 N–H and O–H groups in total. The van der Waals surface area contributed by atoms with Gasteiger partial charge in [0.2, 0.25) is 0 Å². The third kappa shape index (κ3) is 4.23. The van der Waals surface area contributed by atoms with Gasteiger partial charge in [-0.25, -0.2) is 9.78 Å². The molecular weight excluding hydrogens is 222 g/mol. The highest BCUT2D eigenvalue weighted by molar-refractivity contribution is 7.98. The Morgan fingerprint density at radius 2 is 2.31 bits per heavy atom. The third-order valence-electron chi connectivity index (χ3n) is 2.24. The molecule has 1 aromatic rings. The molecular formula is C12H17NO2S. The maximum atomic E-state index is 10.9. The fourth-order valence-electron chi connectivity index (χ4n) is 1.38. The van der Waals surface area contributed by atoms with Crippen LogP contribution in [0, 0.1) is 0 Å². The van der Waals surface area contributed by atoms with Crippen LogP contribution in [0.2, 0.25) is 0 Å². The van der Waals surface area contributed by atoms with E-state index in [1.807, 2.05) is 6.07 Å². The predicted molar refractivity (Wildman–Crippen MR) is 66.9 cm³/mol. The van der Waals surface area contributed by atoms with E-state index < -0.39 is 5.97 Å². The molecule has 0 aliphatic heterocycles. The molecule has 0 saturated heterocycles. The van der Waals surface area contributed by atoms with Crippen molar-refractivity contribution < 1.29 is 9.90 Å². The smallest absolute Gasteiger partial charge is 0.354 e. The van der Waals surface area contributed by atoms with Crippen LogP contribution >= 0.6 is 11.8 Å². The second-order valence-corrected chi connectivity index (χ2v) is 4.68. The zero-order valence-corrected chi connectivity index (χ0v) is 10.3. The predicted octanol–water partition coefficient (Wildman–Crippen LogP) is 3.20. The number of unbranched alkanes of at least 4 members (excludes halogenated alkanes) is 2. The summed E-state index contributed by atoms with van der Waals surface area (Å²) in [4.78, 5) is 14.8. The Bertz CT molecular complexity index is 342. The Morgan fingerprint density at radius 1 is 1.50 bits per heavy atom. The van der Waals surface area contributed by atoms with Crippen LogP contribution in [0.15, 0.2) is 18.3 Å². The summed E-state index contributed by atoms with van der Waals surface area (Å²) in [6, 6.07) is 3.62. The van der Waals surface area contributed by atoms with E-state index in [4.69, 9.17) is 5.11 Å². The number of carboxylic acid groups (broad SMARTS) is 1. The van der Waals surface area contributed by atoms with Gasteiger partial charge in [0.05, 0.1) is 0 Å². The molecule has 0 unspecified atom stereocenters. The summed E-state index contributed by atoms with van der Waals surface area (Å²) in [5, 5.41) is 8.93. The van der Waals surface area contributed by atoms with Gasteiger partial charge in [-0.3, -0.25) is 0 Å². The van der Waals surface area contributed by atoms with E-state index in [1.165, 1.54) is 25.5 Å². The number of rotatable bonds is 7. The number of carbonyl (C=O) groups is 1. The van der Waals surface area contributed by atoms with Crippen molar-refractivity contribution in [2.75, 3.05) is 5.75 Å². The molecule has 1 heterocycles. The number of nitrogens with zero attached hydrogens (tertiary/aromatic N) is 1. The van der Waals surface area contributed by atoms with Crippen molar-refractivity contribution in [3.05, 3.63) is 29.6 Å². The number of aromatic nitrogens is 1. The molecule has 16 heavy (non-hydrogen) atoms. The van der Waals surface area contributed by atoms with Crippen LogP contribution in [-0.4, -0.2) is 21.8 Å². The summed E-state index contributed by atoms with van der Waals surface area (Å²) in [5.41, 5.74) is 1.00. The van der Waals surface area contributed by atoms with Crippen LogP contribution in [0.3, 0.4) is 0 Å². The van der Waals surface area contributed by atoms with Crippen molar-refractivity contribution in [1.82, 2.24) is 4.98 Å². The van der Waals surface area contributed by atoms with Crippen LogP contribution in [0.1, 0.15) is 42.2 Å². The van der Waals surface area contributed by atoms with Gasteiger partial charge in [0.1, 0.15) is 0 Å². The molecule has 0 amide bonds. The van der Waals surface area contributed by atoms with Gasteiger partial charge in [-0.1, -0.05) is 25.8 Å². The minimum Gasteiger partial charge on any atom is -0.477 e. The average molecular weight is 239 g/mol. The van der Waals surface area contributed by atoms with Crippen molar-refractivity contribution >= 4 is 17.7 Å². The Kier molecular flexibility index (Phi) is 5.93. The SMILES string of the molecule is CCCCCSCc1cccnc1C(=O)O. The Morgan fingerprint density at radius 3 is 3.00 bits per heavy atom. The van der Waals surface area contributed by atoms with Gasteiger partial charge >= 0.3 is 5.97 Å². The van der Waals surface area contributed by atoms with E-state index >= 15 is 0 Å². The summed E-state index contributed by atoms with van der Waals surface area (Å²) < 4.78 is 0. The molecule has 0 atom stereocenters. The third-order valence-corrected chi connectivity index (χ3v) is 3.34. The highest BCUT2D eigenvalue weighted by Gasteiger charge is 2.10. The van der Waals surface area contributed by atoms with Crippen LogP contribution < -0.4 is 0 Å². The summed E-state index contributed by atoms with van der Waals surface area (Å²) >= 11 is 1.77. The maximum Gasteiger partial charge on any atom is 0.354 e. The lowest BCUT2D eigenvalue weighted by Gasteiger charge is -2.04. The number of thioether (sulfide) groups is 1. The molecule has 88 valence electrons. The van der Waals surface area contributed by atoms with Gasteiger partial charge in [0.25, 0.3) is 0 Å². The molecule has 0 aromatic carbocycles. The molecule has 0 bridgehead atoms. The highest BCUT2D eigenvalue weighted by atomic mass is 32.2. The lowest BCUT2D eigenvalue weighted by atomic mass is 10.2. The van der Waals surface area contributed by atoms with Crippen molar-refractivity contribution in [2.45, 2.75) is 31.9 Å². The molecule has 0 spiro atoms. The highest BCUT2D eigenvalue weighted by Crippen LogP contribution is 2.16. The van der Waals surface area contributed by atoms with E-state index in [1.54, 1.807) is 17.8 Å². The molecule has 0 aliphatic rings. The minimum atomic E-state index is -0.940. The normalized spacial score (nSPS) is 10.3. The first-order valence-electron chi connectivity index (χ1n) is 5.50. The molecule has 1 aromatic heterocycles. The number of carboxylic acids is 1. The molecule has 0 radical (unpaired) electrons. The topological polar surface area (TPSA) is 50.2 Å². The van der Waals surface area contributed by atoms with Crippen molar-refractivity contribution in [3.8, 4) is 0 Å². The van der Waals surface area contributed by atoms with Crippen LogP contribution in [0.4, 0.5) is 0 Å². The standard InChI is InChI=1S/C12H17NO2S/c1-2-3-4-8-16-9-10-6-5-7-13-11(10)12(14)15/h5-7H,2-4,8-9H2,1H3,(H,14,15). The van der Waals surface area contributed by atoms with Gasteiger partial charge in [-0.05, 0) is 23.8 Å². The van der Waals surface area contributed by atoms with Gasteiger partial charge < -0.3 is 5.11 Å². The number of aromatic carboxylic acids is 1. The summed E-state index contributed by atoms with van der Waals surface area (Å²) in [6.07, 6.45) is 5.18. The van der Waals surface area contributed by atoms with E-state index in [0.717, 1.165) is 17.1 Å². The molecule has 0 saturated carbocycles. The molecule has 4 heteroatoms. The van der Waals surface area contributed by atoms with Crippen LogP contribution in [-0.2, 0) is 5.75 Å². The Hall–Kier alpha value is -1.03. The number of pyridine rings is 1. The fourth-order valence-corrected chi connectivity index (χ4v) is 2.39. The zero-order chi connectivity index (χ0) is 11.8. The second-order valence-electron chi connectivity index (χ2n) is 3.58. The largest absolute Gasteiger partial charge is 0.477 e. The Balaban J connectivity index is 2.44. The quantitative estimate of drug-likeness (QED) is 0.742. The van der Waals surface area contributed by atoms with Crippen molar-refractivity contribution in [3.63, 3.8) is 0 Å². The lowest BCUT2D eigenvalue weighted by molar-refractivity contribution is 0.0689. The van der Waals surface area contributed by atoms with Gasteiger partial charge in [0, 0.05) is 11.9 Å². The van der Waals surface area contributed by atoms with Crippen molar-refractivity contribution in [1.29, 1.82) is 0 Å². The van der Waals surface area contributed by atoms with Gasteiger partial charge in [0.15, 0.2) is 5.69 Å². The van der Waals surface area contributed by atoms with Gasteiger partial charge in [-0.2, -0.15) is 11.8 Å². The zero-order valence-electron chi connectivity index (χ0n) is 9.48. The molecule has 0 fully saturated rings. The molecule has 0 aliphatic carbocycles. The van der Waals surface area contributed by atoms with E-state index in [-0.39, 0.29) is 5.69 Å². The van der Waals surface area contributed by atoms with E-state index in [2.05, 4.69) is 11.9 Å². The van der Waals surface area contributed by atoms with E-state index in [0.29, 0.717) is 0 Å². The molecule has 3 nitrogen and oxygen atoms in total. The maximum absolute atomic E-state index is 10.9. The summed E-state index contributed by atoms with van der Waals surface area (Å²) in [6.45, 7) is 2.17. The Labute approximate surface area is 100 Å². The monoisotopic (exact) mass is 239 g/mol. The lowest BCUT2D eigenvalue weighted by Crippen LogP contribution is -2.04. The summed E-state index contributed by atoms with van der Waals surface area (Å²) in [5.74, 6) is 0.880.